The van der Waals surface area contributed by atoms with Gasteiger partial charge in [0.2, 0.25) is 0 Å². The standard InChI is InChI=1S/C15H21F3N2/c1-3-7-20-11-4-6-14(2,9-11)13-10-19-8-5-12(13)15(16,17)18/h5,8,10-11,20H,3-4,6-7,9H2,1-2H3. The number of pyridine rings is 1. The van der Waals surface area contributed by atoms with Crippen LogP contribution in [0.2, 0.25) is 0 Å². The first-order valence-corrected chi connectivity index (χ1v) is 7.12. The molecule has 2 rings (SSSR count). The van der Waals surface area contributed by atoms with Crippen LogP contribution >= 0.6 is 0 Å². The fraction of sp³-hybridized carbons (Fsp3) is 0.667. The molecule has 0 radical (unpaired) electrons. The van der Waals surface area contributed by atoms with Crippen molar-refractivity contribution >= 4 is 0 Å². The lowest BCUT2D eigenvalue weighted by molar-refractivity contribution is -0.138. The Morgan fingerprint density at radius 3 is 2.85 bits per heavy atom. The zero-order chi connectivity index (χ0) is 14.8. The molecule has 0 amide bonds. The zero-order valence-electron chi connectivity index (χ0n) is 11.9. The molecule has 1 N–H and O–H groups in total. The third kappa shape index (κ3) is 3.14. The van der Waals surface area contributed by atoms with Gasteiger partial charge in [-0.2, -0.15) is 13.2 Å². The van der Waals surface area contributed by atoms with Crippen molar-refractivity contribution < 1.29 is 13.2 Å². The highest BCUT2D eigenvalue weighted by atomic mass is 19.4. The van der Waals surface area contributed by atoms with Crippen molar-refractivity contribution in [3.8, 4) is 0 Å². The van der Waals surface area contributed by atoms with Crippen molar-refractivity contribution in [1.82, 2.24) is 10.3 Å². The lowest BCUT2D eigenvalue weighted by atomic mass is 9.79. The average Bonchev–Trinajstić information content (AvgIpc) is 2.78. The summed E-state index contributed by atoms with van der Waals surface area (Å²) in [4.78, 5) is 3.92. The van der Waals surface area contributed by atoms with Crippen LogP contribution in [0, 0.1) is 0 Å². The van der Waals surface area contributed by atoms with Crippen molar-refractivity contribution in [2.45, 2.75) is 57.2 Å². The molecular formula is C15H21F3N2. The maximum absolute atomic E-state index is 13.1. The molecule has 0 spiro atoms. The molecule has 5 heteroatoms. The topological polar surface area (TPSA) is 24.9 Å². The Morgan fingerprint density at radius 2 is 2.20 bits per heavy atom. The molecule has 2 atom stereocenters. The van der Waals surface area contributed by atoms with E-state index in [1.54, 1.807) is 0 Å². The molecule has 1 saturated carbocycles. The van der Waals surface area contributed by atoms with E-state index in [0.29, 0.717) is 11.6 Å². The van der Waals surface area contributed by atoms with E-state index in [2.05, 4.69) is 17.2 Å². The molecule has 112 valence electrons. The third-order valence-electron chi connectivity index (χ3n) is 4.20. The van der Waals surface area contributed by atoms with Crippen LogP contribution in [0.25, 0.3) is 0 Å². The van der Waals surface area contributed by atoms with Gasteiger partial charge in [0, 0.05) is 18.4 Å². The Morgan fingerprint density at radius 1 is 1.45 bits per heavy atom. The van der Waals surface area contributed by atoms with Crippen LogP contribution in [0.15, 0.2) is 18.5 Å². The molecule has 0 aliphatic heterocycles. The molecule has 1 aliphatic rings. The number of rotatable bonds is 4. The van der Waals surface area contributed by atoms with Crippen molar-refractivity contribution in [3.63, 3.8) is 0 Å². The van der Waals surface area contributed by atoms with Crippen LogP contribution in [-0.4, -0.2) is 17.6 Å². The smallest absolute Gasteiger partial charge is 0.314 e. The quantitative estimate of drug-likeness (QED) is 0.907. The van der Waals surface area contributed by atoms with Gasteiger partial charge in [0.25, 0.3) is 0 Å². The molecule has 1 fully saturated rings. The van der Waals surface area contributed by atoms with Crippen LogP contribution in [0.3, 0.4) is 0 Å². The molecule has 0 saturated heterocycles. The number of hydrogen-bond acceptors (Lipinski definition) is 2. The first kappa shape index (κ1) is 15.3. The first-order valence-electron chi connectivity index (χ1n) is 7.12. The van der Waals surface area contributed by atoms with E-state index in [-0.39, 0.29) is 0 Å². The van der Waals surface area contributed by atoms with Crippen LogP contribution in [-0.2, 0) is 11.6 Å². The second kappa shape index (κ2) is 5.72. The van der Waals surface area contributed by atoms with E-state index in [0.717, 1.165) is 38.3 Å². The summed E-state index contributed by atoms with van der Waals surface area (Å²) in [6.45, 7) is 4.93. The van der Waals surface area contributed by atoms with Crippen LogP contribution < -0.4 is 5.32 Å². The predicted octanol–water partition coefficient (Wildman–Crippen LogP) is 3.91. The first-order chi connectivity index (χ1) is 9.37. The second-order valence-electron chi connectivity index (χ2n) is 5.87. The number of hydrogen-bond donors (Lipinski definition) is 1. The molecule has 0 bridgehead atoms. The van der Waals surface area contributed by atoms with Gasteiger partial charge in [-0.25, -0.2) is 0 Å². The Labute approximate surface area is 117 Å². The van der Waals surface area contributed by atoms with E-state index < -0.39 is 17.2 Å². The summed E-state index contributed by atoms with van der Waals surface area (Å²) in [6, 6.07) is 1.40. The molecule has 2 unspecified atom stereocenters. The van der Waals surface area contributed by atoms with Crippen molar-refractivity contribution in [1.29, 1.82) is 0 Å². The number of halogens is 3. The molecule has 1 aliphatic carbocycles. The van der Waals surface area contributed by atoms with Crippen LogP contribution in [0.4, 0.5) is 13.2 Å². The summed E-state index contributed by atoms with van der Waals surface area (Å²) < 4.78 is 39.4. The zero-order valence-corrected chi connectivity index (χ0v) is 11.9. The molecule has 0 aromatic carbocycles. The van der Waals surface area contributed by atoms with Gasteiger partial charge in [0.05, 0.1) is 5.56 Å². The lowest BCUT2D eigenvalue weighted by Crippen LogP contribution is -2.30. The number of nitrogens with one attached hydrogen (secondary N) is 1. The van der Waals surface area contributed by atoms with E-state index in [4.69, 9.17) is 0 Å². The molecule has 1 heterocycles. The van der Waals surface area contributed by atoms with Gasteiger partial charge in [-0.15, -0.1) is 0 Å². The number of aromatic nitrogens is 1. The van der Waals surface area contributed by atoms with E-state index >= 15 is 0 Å². The fourth-order valence-corrected chi connectivity index (χ4v) is 3.13. The maximum Gasteiger partial charge on any atom is 0.416 e. The van der Waals surface area contributed by atoms with E-state index in [1.807, 2.05) is 6.92 Å². The summed E-state index contributed by atoms with van der Waals surface area (Å²) in [5.74, 6) is 0. The third-order valence-corrected chi connectivity index (χ3v) is 4.20. The van der Waals surface area contributed by atoms with Gasteiger partial charge >= 0.3 is 6.18 Å². The van der Waals surface area contributed by atoms with E-state index in [9.17, 15) is 13.2 Å². The normalized spacial score (nSPS) is 26.9. The van der Waals surface area contributed by atoms with Gasteiger partial charge in [-0.05, 0) is 49.3 Å². The Bertz CT molecular complexity index is 459. The number of nitrogens with zero attached hydrogens (tertiary/aromatic N) is 1. The van der Waals surface area contributed by atoms with E-state index in [1.165, 1.54) is 12.4 Å². The SMILES string of the molecule is CCCNC1CCC(C)(c2cnccc2C(F)(F)F)C1. The maximum atomic E-state index is 13.1. The lowest BCUT2D eigenvalue weighted by Gasteiger charge is -2.28. The fourth-order valence-electron chi connectivity index (χ4n) is 3.13. The van der Waals surface area contributed by atoms with Gasteiger partial charge in [-0.3, -0.25) is 4.98 Å². The summed E-state index contributed by atoms with van der Waals surface area (Å²) in [5.41, 5.74) is -0.635. The van der Waals surface area contributed by atoms with Gasteiger partial charge < -0.3 is 5.32 Å². The molecule has 2 nitrogen and oxygen atoms in total. The molecule has 1 aromatic rings. The average molecular weight is 286 g/mol. The predicted molar refractivity (Wildman–Crippen MR) is 72.5 cm³/mol. The van der Waals surface area contributed by atoms with Crippen LogP contribution in [0.5, 0.6) is 0 Å². The van der Waals surface area contributed by atoms with Gasteiger partial charge in [-0.1, -0.05) is 13.8 Å². The Kier molecular flexibility index (Phi) is 4.37. The highest BCUT2D eigenvalue weighted by Gasteiger charge is 2.43. The minimum Gasteiger partial charge on any atom is -0.314 e. The summed E-state index contributed by atoms with van der Waals surface area (Å²) >= 11 is 0. The molecule has 20 heavy (non-hydrogen) atoms. The van der Waals surface area contributed by atoms with Gasteiger partial charge in [0.15, 0.2) is 0 Å². The monoisotopic (exact) mass is 286 g/mol. The van der Waals surface area contributed by atoms with Crippen molar-refractivity contribution in [2.75, 3.05) is 6.54 Å². The Balaban J connectivity index is 2.24. The summed E-state index contributed by atoms with van der Waals surface area (Å²) in [7, 11) is 0. The number of alkyl halides is 3. The van der Waals surface area contributed by atoms with Crippen molar-refractivity contribution in [3.05, 3.63) is 29.6 Å². The van der Waals surface area contributed by atoms with Crippen molar-refractivity contribution in [2.24, 2.45) is 0 Å². The largest absolute Gasteiger partial charge is 0.416 e. The highest BCUT2D eigenvalue weighted by molar-refractivity contribution is 5.34. The molecule has 1 aromatic heterocycles. The summed E-state index contributed by atoms with van der Waals surface area (Å²) in [6.07, 6.45) is 1.76. The summed E-state index contributed by atoms with van der Waals surface area (Å²) in [5, 5.41) is 3.41. The van der Waals surface area contributed by atoms with Gasteiger partial charge in [0.1, 0.15) is 0 Å². The minimum absolute atomic E-state index is 0.307. The second-order valence-corrected chi connectivity index (χ2v) is 5.87. The molecular weight excluding hydrogens is 265 g/mol. The Hall–Kier alpha value is -1.10. The highest BCUT2D eigenvalue weighted by Crippen LogP contribution is 2.45. The van der Waals surface area contributed by atoms with Crippen LogP contribution in [0.1, 0.15) is 50.7 Å². The minimum atomic E-state index is -4.31.